The van der Waals surface area contributed by atoms with Crippen molar-refractivity contribution >= 4 is 18.6 Å². The van der Waals surface area contributed by atoms with Gasteiger partial charge in [0.2, 0.25) is 0 Å². The van der Waals surface area contributed by atoms with Gasteiger partial charge in [-0.1, -0.05) is 0 Å². The molecule has 4 nitrogen and oxygen atoms in total. The minimum absolute atomic E-state index is 0.0842. The lowest BCUT2D eigenvalue weighted by Gasteiger charge is -1.98. The van der Waals surface area contributed by atoms with Crippen molar-refractivity contribution in [2.45, 2.75) is 19.2 Å². The minimum atomic E-state index is -0.995. The highest BCUT2D eigenvalue weighted by molar-refractivity contribution is 7.79. The number of hydrogen-bond donors (Lipinski definition) is 2. The largest absolute Gasteiger partial charge is 0.476 e. The van der Waals surface area contributed by atoms with Gasteiger partial charge in [0.05, 0.1) is 0 Å². The molecule has 0 spiro atoms. The van der Waals surface area contributed by atoms with Gasteiger partial charge in [-0.2, -0.15) is 12.6 Å². The van der Waals surface area contributed by atoms with Crippen molar-refractivity contribution < 1.29 is 9.90 Å². The second-order valence-electron chi connectivity index (χ2n) is 2.29. The number of carbonyl (C=O) groups is 1. The Bertz CT molecular complexity index is 274. The minimum Gasteiger partial charge on any atom is -0.476 e. The summed E-state index contributed by atoms with van der Waals surface area (Å²) >= 11 is 4.04. The summed E-state index contributed by atoms with van der Waals surface area (Å²) in [6.07, 6.45) is 1.52. The zero-order valence-electron chi connectivity index (χ0n) is 6.69. The van der Waals surface area contributed by atoms with Gasteiger partial charge in [-0.15, -0.1) is 0 Å². The van der Waals surface area contributed by atoms with Crippen LogP contribution in [0.2, 0.25) is 0 Å². The molecule has 0 atom stereocenters. The Morgan fingerprint density at radius 3 is 2.83 bits per heavy atom. The topological polar surface area (TPSA) is 55.1 Å². The third kappa shape index (κ3) is 1.61. The third-order valence-corrected chi connectivity index (χ3v) is 1.84. The Morgan fingerprint density at radius 1 is 1.83 bits per heavy atom. The van der Waals surface area contributed by atoms with Crippen LogP contribution >= 0.6 is 12.6 Å². The van der Waals surface area contributed by atoms with E-state index in [0.717, 1.165) is 6.54 Å². The quantitative estimate of drug-likeness (QED) is 0.693. The summed E-state index contributed by atoms with van der Waals surface area (Å²) in [7, 11) is 0. The van der Waals surface area contributed by atoms with Gasteiger partial charge in [0, 0.05) is 18.5 Å². The second kappa shape index (κ2) is 3.62. The highest BCUT2D eigenvalue weighted by Gasteiger charge is 2.10. The molecule has 0 fully saturated rings. The maximum absolute atomic E-state index is 10.5. The van der Waals surface area contributed by atoms with Crippen LogP contribution in [0.5, 0.6) is 0 Å². The summed E-state index contributed by atoms with van der Waals surface area (Å²) in [6, 6.07) is 0. The first-order valence-electron chi connectivity index (χ1n) is 3.59. The Kier molecular flexibility index (Phi) is 2.75. The average Bonchev–Trinajstić information content (AvgIpc) is 2.46. The van der Waals surface area contributed by atoms with E-state index < -0.39 is 5.97 Å². The molecule has 66 valence electrons. The number of carboxylic acids is 1. The van der Waals surface area contributed by atoms with E-state index in [2.05, 4.69) is 17.6 Å². The normalized spacial score (nSPS) is 10.2. The number of nitrogens with zero attached hydrogens (tertiary/aromatic N) is 2. The fraction of sp³-hybridized carbons (Fsp3) is 0.429. The highest BCUT2D eigenvalue weighted by Crippen LogP contribution is 2.05. The molecule has 1 aromatic heterocycles. The number of carboxylic acid groups (broad SMARTS) is 1. The zero-order valence-corrected chi connectivity index (χ0v) is 7.58. The first-order chi connectivity index (χ1) is 5.69. The van der Waals surface area contributed by atoms with Crippen LogP contribution in [0.15, 0.2) is 6.20 Å². The average molecular weight is 186 g/mol. The van der Waals surface area contributed by atoms with Gasteiger partial charge in [0.1, 0.15) is 5.82 Å². The maximum atomic E-state index is 10.5. The number of hydrogen-bond acceptors (Lipinski definition) is 3. The van der Waals surface area contributed by atoms with E-state index in [9.17, 15) is 4.79 Å². The van der Waals surface area contributed by atoms with Gasteiger partial charge in [-0.05, 0) is 6.92 Å². The van der Waals surface area contributed by atoms with Gasteiger partial charge in [0.25, 0.3) is 0 Å². The van der Waals surface area contributed by atoms with Crippen molar-refractivity contribution in [3.63, 3.8) is 0 Å². The summed E-state index contributed by atoms with van der Waals surface area (Å²) in [5.41, 5.74) is 0.0842. The smallest absolute Gasteiger partial charge is 0.356 e. The molecule has 1 heterocycles. The molecule has 0 amide bonds. The fourth-order valence-electron chi connectivity index (χ4n) is 0.957. The summed E-state index contributed by atoms with van der Waals surface area (Å²) in [5, 5.41) is 8.61. The monoisotopic (exact) mass is 186 g/mol. The van der Waals surface area contributed by atoms with Crippen molar-refractivity contribution in [3.05, 3.63) is 17.7 Å². The first-order valence-corrected chi connectivity index (χ1v) is 4.22. The van der Waals surface area contributed by atoms with Crippen LogP contribution in [-0.2, 0) is 12.3 Å². The number of aromatic carboxylic acids is 1. The molecular formula is C7H10N2O2S. The van der Waals surface area contributed by atoms with Gasteiger partial charge in [-0.3, -0.25) is 0 Å². The van der Waals surface area contributed by atoms with Crippen molar-refractivity contribution in [1.29, 1.82) is 0 Å². The zero-order chi connectivity index (χ0) is 9.14. The van der Waals surface area contributed by atoms with E-state index in [-0.39, 0.29) is 5.69 Å². The van der Waals surface area contributed by atoms with Crippen LogP contribution in [0, 0.1) is 0 Å². The highest BCUT2D eigenvalue weighted by atomic mass is 32.1. The molecule has 1 N–H and O–H groups in total. The van der Waals surface area contributed by atoms with E-state index in [1.54, 1.807) is 4.57 Å². The third-order valence-electron chi connectivity index (χ3n) is 1.56. The number of aromatic nitrogens is 2. The molecule has 0 aliphatic rings. The number of thiol groups is 1. The van der Waals surface area contributed by atoms with Crippen LogP contribution in [0.4, 0.5) is 0 Å². The number of aryl methyl sites for hydroxylation is 1. The van der Waals surface area contributed by atoms with Crippen molar-refractivity contribution in [3.8, 4) is 0 Å². The molecule has 0 saturated heterocycles. The molecule has 0 unspecified atom stereocenters. The van der Waals surface area contributed by atoms with E-state index in [1.807, 2.05) is 6.92 Å². The lowest BCUT2D eigenvalue weighted by atomic mass is 10.5. The van der Waals surface area contributed by atoms with E-state index in [0.29, 0.717) is 11.6 Å². The van der Waals surface area contributed by atoms with Gasteiger partial charge in [-0.25, -0.2) is 9.78 Å². The number of imidazole rings is 1. The van der Waals surface area contributed by atoms with Crippen LogP contribution in [-0.4, -0.2) is 20.6 Å². The summed E-state index contributed by atoms with van der Waals surface area (Å²) in [5.74, 6) is 0.157. The van der Waals surface area contributed by atoms with E-state index >= 15 is 0 Å². The molecule has 1 rings (SSSR count). The molecule has 5 heteroatoms. The summed E-state index contributed by atoms with van der Waals surface area (Å²) < 4.78 is 1.77. The lowest BCUT2D eigenvalue weighted by Crippen LogP contribution is -1.97. The predicted octanol–water partition coefficient (Wildman–Crippen LogP) is 1.03. The van der Waals surface area contributed by atoms with Crippen LogP contribution in [0.25, 0.3) is 0 Å². The lowest BCUT2D eigenvalue weighted by molar-refractivity contribution is 0.0691. The van der Waals surface area contributed by atoms with Crippen LogP contribution in [0.1, 0.15) is 23.2 Å². The summed E-state index contributed by atoms with van der Waals surface area (Å²) in [4.78, 5) is 14.4. The molecule has 1 aromatic rings. The Morgan fingerprint density at radius 2 is 2.50 bits per heavy atom. The summed E-state index contributed by atoms with van der Waals surface area (Å²) in [6.45, 7) is 2.65. The van der Waals surface area contributed by atoms with Crippen LogP contribution in [0.3, 0.4) is 0 Å². The van der Waals surface area contributed by atoms with Crippen molar-refractivity contribution in [1.82, 2.24) is 9.55 Å². The van der Waals surface area contributed by atoms with Gasteiger partial charge < -0.3 is 9.67 Å². The molecule has 0 aromatic carbocycles. The molecule has 0 radical (unpaired) electrons. The molecule has 0 bridgehead atoms. The second-order valence-corrected chi connectivity index (χ2v) is 2.61. The predicted molar refractivity (Wildman–Crippen MR) is 47.6 cm³/mol. The molecular weight excluding hydrogens is 176 g/mol. The van der Waals surface area contributed by atoms with E-state index in [1.165, 1.54) is 6.20 Å². The van der Waals surface area contributed by atoms with Crippen molar-refractivity contribution in [2.75, 3.05) is 0 Å². The number of rotatable bonds is 3. The SMILES string of the molecule is CCn1cc(C(=O)O)nc1CS. The molecule has 12 heavy (non-hydrogen) atoms. The molecule has 0 saturated carbocycles. The van der Waals surface area contributed by atoms with E-state index in [4.69, 9.17) is 5.11 Å². The maximum Gasteiger partial charge on any atom is 0.356 e. The Balaban J connectivity index is 3.05. The first kappa shape index (κ1) is 9.12. The Labute approximate surface area is 75.6 Å². The standard InChI is InChI=1S/C7H10N2O2S/c1-2-9-3-5(7(10)11)8-6(9)4-12/h3,12H,2,4H2,1H3,(H,10,11). The Hall–Kier alpha value is -0.970. The fourth-order valence-corrected chi connectivity index (χ4v) is 1.21. The van der Waals surface area contributed by atoms with Crippen LogP contribution < -0.4 is 0 Å². The van der Waals surface area contributed by atoms with Crippen molar-refractivity contribution in [2.24, 2.45) is 0 Å². The molecule has 0 aliphatic heterocycles. The molecule has 0 aliphatic carbocycles. The van der Waals surface area contributed by atoms with Gasteiger partial charge in [0.15, 0.2) is 5.69 Å². The van der Waals surface area contributed by atoms with Gasteiger partial charge >= 0.3 is 5.97 Å².